The summed E-state index contributed by atoms with van der Waals surface area (Å²) in [7, 11) is 1.70. The van der Waals surface area contributed by atoms with E-state index in [1.165, 1.54) is 6.07 Å². The lowest BCUT2D eigenvalue weighted by molar-refractivity contribution is -0.147. The Labute approximate surface area is 155 Å². The standard InChI is InChI=1S/C19H20F3N3O2/c1-24(17-4-2-3-16(23-17)19(20,21)22)9-13-5-7-14(8-6-13)10-25-11-15(12-25)18(26)27/h2-8,15H,9-12H2,1H3,(H,26,27). The number of alkyl halides is 3. The molecule has 8 heteroatoms. The van der Waals surface area contributed by atoms with Crippen LogP contribution in [0, 0.1) is 5.92 Å². The highest BCUT2D eigenvalue weighted by Gasteiger charge is 2.33. The maximum Gasteiger partial charge on any atom is 0.433 e. The number of halogens is 3. The van der Waals surface area contributed by atoms with Gasteiger partial charge in [0.25, 0.3) is 0 Å². The molecule has 144 valence electrons. The molecule has 1 aromatic heterocycles. The van der Waals surface area contributed by atoms with Gasteiger partial charge in [-0.05, 0) is 23.3 Å². The van der Waals surface area contributed by atoms with Gasteiger partial charge in [0, 0.05) is 33.2 Å². The Morgan fingerprint density at radius 1 is 1.19 bits per heavy atom. The molecule has 0 unspecified atom stereocenters. The highest BCUT2D eigenvalue weighted by atomic mass is 19.4. The number of pyridine rings is 1. The molecule has 0 amide bonds. The minimum atomic E-state index is -4.46. The van der Waals surface area contributed by atoms with E-state index in [1.54, 1.807) is 18.0 Å². The Kier molecular flexibility index (Phi) is 5.36. The summed E-state index contributed by atoms with van der Waals surface area (Å²) in [6, 6.07) is 11.6. The fraction of sp³-hybridized carbons (Fsp3) is 0.368. The molecule has 0 radical (unpaired) electrons. The number of anilines is 1. The molecule has 27 heavy (non-hydrogen) atoms. The van der Waals surface area contributed by atoms with Gasteiger partial charge >= 0.3 is 12.1 Å². The van der Waals surface area contributed by atoms with E-state index in [2.05, 4.69) is 9.88 Å². The number of rotatable bonds is 6. The number of hydrogen-bond donors (Lipinski definition) is 1. The summed E-state index contributed by atoms with van der Waals surface area (Å²) in [5.41, 5.74) is 1.12. The van der Waals surface area contributed by atoms with Gasteiger partial charge in [0.05, 0.1) is 5.92 Å². The van der Waals surface area contributed by atoms with Gasteiger partial charge < -0.3 is 10.0 Å². The first-order valence-corrected chi connectivity index (χ1v) is 8.51. The second-order valence-electron chi connectivity index (χ2n) is 6.78. The zero-order valence-corrected chi connectivity index (χ0v) is 14.8. The first kappa shape index (κ1) is 19.2. The van der Waals surface area contributed by atoms with E-state index in [1.807, 2.05) is 24.3 Å². The van der Waals surface area contributed by atoms with E-state index in [0.717, 1.165) is 17.2 Å². The Morgan fingerprint density at radius 3 is 2.41 bits per heavy atom. The molecule has 2 heterocycles. The van der Waals surface area contributed by atoms with Crippen LogP contribution in [0.5, 0.6) is 0 Å². The Morgan fingerprint density at radius 2 is 1.81 bits per heavy atom. The van der Waals surface area contributed by atoms with Crippen LogP contribution >= 0.6 is 0 Å². The first-order chi connectivity index (χ1) is 12.7. The normalized spacial score (nSPS) is 15.4. The summed E-state index contributed by atoms with van der Waals surface area (Å²) < 4.78 is 38.4. The van der Waals surface area contributed by atoms with Crippen molar-refractivity contribution in [2.45, 2.75) is 19.3 Å². The van der Waals surface area contributed by atoms with Gasteiger partial charge in [-0.1, -0.05) is 30.3 Å². The second-order valence-corrected chi connectivity index (χ2v) is 6.78. The number of aliphatic carboxylic acids is 1. The summed E-state index contributed by atoms with van der Waals surface area (Å²) >= 11 is 0. The summed E-state index contributed by atoms with van der Waals surface area (Å²) in [5, 5.41) is 8.89. The number of benzene rings is 1. The molecule has 1 saturated heterocycles. The lowest BCUT2D eigenvalue weighted by atomic mass is 9.99. The molecule has 1 N–H and O–H groups in total. The molecule has 0 atom stereocenters. The molecule has 0 spiro atoms. The van der Waals surface area contributed by atoms with Gasteiger partial charge in [-0.25, -0.2) is 4.98 Å². The van der Waals surface area contributed by atoms with Crippen molar-refractivity contribution in [1.82, 2.24) is 9.88 Å². The largest absolute Gasteiger partial charge is 0.481 e. The predicted octanol–water partition coefficient (Wildman–Crippen LogP) is 3.25. The Balaban J connectivity index is 1.57. The summed E-state index contributed by atoms with van der Waals surface area (Å²) in [5.74, 6) is -0.778. The van der Waals surface area contributed by atoms with E-state index in [4.69, 9.17) is 5.11 Å². The third-order valence-corrected chi connectivity index (χ3v) is 4.57. The third-order valence-electron chi connectivity index (χ3n) is 4.57. The van der Waals surface area contributed by atoms with Crippen LogP contribution in [-0.2, 0) is 24.1 Å². The fourth-order valence-electron chi connectivity index (χ4n) is 3.01. The van der Waals surface area contributed by atoms with Gasteiger partial charge in [-0.3, -0.25) is 9.69 Å². The van der Waals surface area contributed by atoms with Crippen LogP contribution in [-0.4, -0.2) is 41.1 Å². The van der Waals surface area contributed by atoms with Crippen molar-refractivity contribution in [2.24, 2.45) is 5.92 Å². The van der Waals surface area contributed by atoms with Crippen molar-refractivity contribution in [1.29, 1.82) is 0 Å². The van der Waals surface area contributed by atoms with Gasteiger partial charge in [0.15, 0.2) is 0 Å². The third kappa shape index (κ3) is 4.77. The Bertz CT molecular complexity index is 803. The van der Waals surface area contributed by atoms with Crippen molar-refractivity contribution < 1.29 is 23.1 Å². The Hall–Kier alpha value is -2.61. The average Bonchev–Trinajstić information content (AvgIpc) is 2.58. The van der Waals surface area contributed by atoms with Crippen LogP contribution in [0.1, 0.15) is 16.8 Å². The lowest BCUT2D eigenvalue weighted by Gasteiger charge is -2.36. The SMILES string of the molecule is CN(Cc1ccc(CN2CC(C(=O)O)C2)cc1)c1cccc(C(F)(F)F)n1. The predicted molar refractivity (Wildman–Crippen MR) is 94.2 cm³/mol. The van der Waals surface area contributed by atoms with Crippen molar-refractivity contribution >= 4 is 11.8 Å². The van der Waals surface area contributed by atoms with E-state index >= 15 is 0 Å². The molecular weight excluding hydrogens is 359 g/mol. The monoisotopic (exact) mass is 379 g/mol. The molecular formula is C19H20F3N3O2. The molecule has 1 fully saturated rings. The number of carboxylic acids is 1. The van der Waals surface area contributed by atoms with Crippen LogP contribution in [0.4, 0.5) is 19.0 Å². The number of hydrogen-bond acceptors (Lipinski definition) is 4. The number of likely N-dealkylation sites (tertiary alicyclic amines) is 1. The van der Waals surface area contributed by atoms with Crippen LogP contribution in [0.25, 0.3) is 0 Å². The minimum Gasteiger partial charge on any atom is -0.481 e. The van der Waals surface area contributed by atoms with Crippen LogP contribution in [0.15, 0.2) is 42.5 Å². The van der Waals surface area contributed by atoms with Crippen LogP contribution in [0.3, 0.4) is 0 Å². The van der Waals surface area contributed by atoms with E-state index in [9.17, 15) is 18.0 Å². The molecule has 3 rings (SSSR count). The number of carboxylic acid groups (broad SMARTS) is 1. The van der Waals surface area contributed by atoms with Crippen molar-refractivity contribution in [3.05, 3.63) is 59.3 Å². The van der Waals surface area contributed by atoms with E-state index in [0.29, 0.717) is 26.2 Å². The summed E-state index contributed by atoms with van der Waals surface area (Å²) in [6.45, 7) is 2.23. The molecule has 0 aliphatic carbocycles. The number of nitrogens with zero attached hydrogens (tertiary/aromatic N) is 3. The highest BCUT2D eigenvalue weighted by molar-refractivity contribution is 5.71. The molecule has 1 aliphatic heterocycles. The molecule has 5 nitrogen and oxygen atoms in total. The van der Waals surface area contributed by atoms with E-state index in [-0.39, 0.29) is 11.7 Å². The quantitative estimate of drug-likeness (QED) is 0.835. The number of aromatic nitrogens is 1. The average molecular weight is 379 g/mol. The highest BCUT2D eigenvalue weighted by Crippen LogP contribution is 2.29. The zero-order valence-electron chi connectivity index (χ0n) is 14.8. The van der Waals surface area contributed by atoms with Crippen molar-refractivity contribution in [3.63, 3.8) is 0 Å². The maximum atomic E-state index is 12.8. The molecule has 0 bridgehead atoms. The summed E-state index contributed by atoms with van der Waals surface area (Å²) in [4.78, 5) is 18.2. The lowest BCUT2D eigenvalue weighted by Crippen LogP contribution is -2.49. The second kappa shape index (κ2) is 7.56. The van der Waals surface area contributed by atoms with Crippen LogP contribution in [0.2, 0.25) is 0 Å². The van der Waals surface area contributed by atoms with Gasteiger partial charge in [0.1, 0.15) is 11.5 Å². The zero-order chi connectivity index (χ0) is 19.6. The molecule has 1 aromatic carbocycles. The number of carbonyl (C=O) groups is 1. The fourth-order valence-corrected chi connectivity index (χ4v) is 3.01. The van der Waals surface area contributed by atoms with Gasteiger partial charge in [0.2, 0.25) is 0 Å². The minimum absolute atomic E-state index is 0.259. The van der Waals surface area contributed by atoms with E-state index < -0.39 is 17.8 Å². The van der Waals surface area contributed by atoms with Gasteiger partial charge in [-0.2, -0.15) is 13.2 Å². The van der Waals surface area contributed by atoms with Crippen molar-refractivity contribution in [2.75, 3.05) is 25.0 Å². The van der Waals surface area contributed by atoms with Gasteiger partial charge in [-0.15, -0.1) is 0 Å². The van der Waals surface area contributed by atoms with Crippen LogP contribution < -0.4 is 4.90 Å². The topological polar surface area (TPSA) is 56.7 Å². The molecule has 2 aromatic rings. The summed E-state index contributed by atoms with van der Waals surface area (Å²) in [6.07, 6.45) is -4.46. The molecule has 1 aliphatic rings. The first-order valence-electron chi connectivity index (χ1n) is 8.51. The maximum absolute atomic E-state index is 12.8. The van der Waals surface area contributed by atoms with Crippen molar-refractivity contribution in [3.8, 4) is 0 Å². The molecule has 0 saturated carbocycles. The smallest absolute Gasteiger partial charge is 0.433 e.